The van der Waals surface area contributed by atoms with Gasteiger partial charge in [0.15, 0.2) is 5.69 Å². The second kappa shape index (κ2) is 11.9. The normalized spacial score (nSPS) is 23.2. The van der Waals surface area contributed by atoms with Crippen molar-refractivity contribution in [1.29, 1.82) is 0 Å². The van der Waals surface area contributed by atoms with Crippen molar-refractivity contribution in [1.82, 2.24) is 25.1 Å². The highest BCUT2D eigenvalue weighted by molar-refractivity contribution is 5.94. The maximum absolute atomic E-state index is 13.3. The minimum absolute atomic E-state index is 0.0474. The van der Waals surface area contributed by atoms with Gasteiger partial charge in [0.2, 0.25) is 18.1 Å². The Morgan fingerprint density at radius 1 is 1.21 bits per heavy atom. The highest BCUT2D eigenvalue weighted by Gasteiger charge is 2.47. The average Bonchev–Trinajstić information content (AvgIpc) is 3.30. The number of hydrogen-bond acceptors (Lipinski definition) is 7. The molecule has 2 aromatic rings. The van der Waals surface area contributed by atoms with Gasteiger partial charge in [0.1, 0.15) is 17.7 Å². The molecule has 6 rings (SSSR count). The third kappa shape index (κ3) is 5.80. The molecule has 210 valence electrons. The fourth-order valence-electron chi connectivity index (χ4n) is 5.64. The molecule has 3 aliphatic heterocycles. The van der Waals surface area contributed by atoms with Crippen LogP contribution in [0, 0.1) is 11.7 Å². The van der Waals surface area contributed by atoms with E-state index in [2.05, 4.69) is 20.4 Å². The average molecular weight is 544 g/mol. The summed E-state index contributed by atoms with van der Waals surface area (Å²) in [5, 5.41) is 16.3. The lowest BCUT2D eigenvalue weighted by atomic mass is 9.77. The number of rotatable bonds is 6. The number of fused-ring (bicyclic) bond motifs is 2. The molecule has 1 aromatic heterocycles. The summed E-state index contributed by atoms with van der Waals surface area (Å²) in [4.78, 5) is 56.8. The first-order valence-corrected chi connectivity index (χ1v) is 13.0. The summed E-state index contributed by atoms with van der Waals surface area (Å²) in [6, 6.07) is 4.98. The van der Waals surface area contributed by atoms with E-state index in [9.17, 15) is 28.7 Å². The summed E-state index contributed by atoms with van der Waals surface area (Å²) in [5.74, 6) is -1.77. The van der Waals surface area contributed by atoms with Gasteiger partial charge in [-0.05, 0) is 62.1 Å². The Morgan fingerprint density at radius 2 is 1.87 bits per heavy atom. The molecule has 1 unspecified atom stereocenters. The zero-order valence-corrected chi connectivity index (χ0v) is 22.1. The standard InChI is InChI=1S/C25H28FN5O5.C2H6O/c26-17-5-3-15(4-6-17)12-27-22(35)19-20(33)23(36)31-13-16-7-9-25(10-8-16,24(31)28-19)29-21(34)18-2-1-11-30(18)14-32;1-3-2/h3-6,14,16,18,33H,1-2,7-13H2,(H,27,35)(H,29,34);1-2H3. The number of likely N-dealkylation sites (tertiary alicyclic amines) is 1. The van der Waals surface area contributed by atoms with Crippen LogP contribution >= 0.6 is 0 Å². The number of carbonyl (C=O) groups is 3. The molecule has 4 aliphatic rings. The SMILES string of the molecule is COC.O=CN1CCCC1C(=O)NC12CCC(CC1)Cn1c2nc(C(=O)NCc2ccc(F)cc2)c(O)c1=O. The number of aromatic nitrogens is 2. The van der Waals surface area contributed by atoms with Crippen LogP contribution in [0.2, 0.25) is 0 Å². The zero-order valence-electron chi connectivity index (χ0n) is 22.1. The first-order chi connectivity index (χ1) is 18.7. The smallest absolute Gasteiger partial charge is 0.296 e. The van der Waals surface area contributed by atoms with Gasteiger partial charge < -0.3 is 25.4 Å². The number of amides is 3. The molecule has 3 amide bonds. The summed E-state index contributed by atoms with van der Waals surface area (Å²) in [6.07, 6.45) is 4.52. The lowest BCUT2D eigenvalue weighted by molar-refractivity contribution is -0.133. The third-order valence-electron chi connectivity index (χ3n) is 7.65. The Balaban J connectivity index is 0.00000112. The number of nitrogens with one attached hydrogen (secondary N) is 2. The molecule has 1 aliphatic carbocycles. The molecule has 4 heterocycles. The number of halogens is 1. The van der Waals surface area contributed by atoms with Gasteiger partial charge in [-0.3, -0.25) is 23.7 Å². The number of methoxy groups -OCH3 is 1. The van der Waals surface area contributed by atoms with Crippen molar-refractivity contribution in [2.45, 2.75) is 63.2 Å². The summed E-state index contributed by atoms with van der Waals surface area (Å²) >= 11 is 0. The summed E-state index contributed by atoms with van der Waals surface area (Å²) in [7, 11) is 3.25. The molecule has 2 fully saturated rings. The number of aromatic hydroxyl groups is 1. The van der Waals surface area contributed by atoms with E-state index in [1.165, 1.54) is 33.7 Å². The molecule has 12 heteroatoms. The molecule has 1 atom stereocenters. The Kier molecular flexibility index (Phi) is 8.63. The molecule has 39 heavy (non-hydrogen) atoms. The predicted octanol–water partition coefficient (Wildman–Crippen LogP) is 1.42. The summed E-state index contributed by atoms with van der Waals surface area (Å²) < 4.78 is 18.8. The number of nitrogens with zero attached hydrogens (tertiary/aromatic N) is 3. The predicted molar refractivity (Wildman–Crippen MR) is 138 cm³/mol. The van der Waals surface area contributed by atoms with Crippen molar-refractivity contribution in [3.05, 3.63) is 57.5 Å². The second-order valence-electron chi connectivity index (χ2n) is 10.3. The number of ether oxygens (including phenoxy) is 1. The number of carbonyl (C=O) groups excluding carboxylic acids is 3. The van der Waals surface area contributed by atoms with Crippen LogP contribution in [0.4, 0.5) is 4.39 Å². The number of benzene rings is 1. The van der Waals surface area contributed by atoms with Crippen LogP contribution in [-0.4, -0.2) is 64.6 Å². The van der Waals surface area contributed by atoms with Gasteiger partial charge in [0.25, 0.3) is 11.5 Å². The van der Waals surface area contributed by atoms with Crippen molar-refractivity contribution in [2.24, 2.45) is 5.92 Å². The quantitative estimate of drug-likeness (QED) is 0.468. The van der Waals surface area contributed by atoms with Gasteiger partial charge in [-0.1, -0.05) is 12.1 Å². The maximum Gasteiger partial charge on any atom is 0.296 e. The van der Waals surface area contributed by atoms with Crippen LogP contribution in [0.1, 0.15) is 60.4 Å². The van der Waals surface area contributed by atoms with Gasteiger partial charge in [-0.25, -0.2) is 9.37 Å². The molecule has 1 aromatic carbocycles. The molecule has 11 nitrogen and oxygen atoms in total. The van der Waals surface area contributed by atoms with E-state index in [0.29, 0.717) is 44.3 Å². The van der Waals surface area contributed by atoms with E-state index in [4.69, 9.17) is 0 Å². The van der Waals surface area contributed by atoms with Crippen molar-refractivity contribution in [3.8, 4) is 5.75 Å². The Morgan fingerprint density at radius 3 is 2.51 bits per heavy atom. The molecule has 1 saturated heterocycles. The molecule has 1 saturated carbocycles. The lowest BCUT2D eigenvalue weighted by Crippen LogP contribution is -2.54. The first-order valence-electron chi connectivity index (χ1n) is 13.0. The van der Waals surface area contributed by atoms with E-state index in [1.54, 1.807) is 14.2 Å². The molecule has 2 bridgehead atoms. The Labute approximate surface area is 225 Å². The van der Waals surface area contributed by atoms with Gasteiger partial charge in [-0.15, -0.1) is 0 Å². The van der Waals surface area contributed by atoms with E-state index in [1.807, 2.05) is 0 Å². The van der Waals surface area contributed by atoms with E-state index in [0.717, 1.165) is 19.3 Å². The Hall–Kier alpha value is -3.80. The van der Waals surface area contributed by atoms with Crippen LogP contribution in [0.5, 0.6) is 5.75 Å². The molecule has 0 spiro atoms. The van der Waals surface area contributed by atoms with Crippen molar-refractivity contribution >= 4 is 18.2 Å². The second-order valence-corrected chi connectivity index (χ2v) is 10.3. The van der Waals surface area contributed by atoms with Crippen LogP contribution in [0.3, 0.4) is 0 Å². The number of hydrogen-bond donors (Lipinski definition) is 3. The van der Waals surface area contributed by atoms with Gasteiger partial charge in [0, 0.05) is 33.9 Å². The zero-order chi connectivity index (χ0) is 28.2. The van der Waals surface area contributed by atoms with Crippen molar-refractivity contribution in [2.75, 3.05) is 20.8 Å². The highest BCUT2D eigenvalue weighted by atomic mass is 19.1. The monoisotopic (exact) mass is 543 g/mol. The van der Waals surface area contributed by atoms with Crippen LogP contribution < -0.4 is 16.2 Å². The van der Waals surface area contributed by atoms with Crippen molar-refractivity contribution < 1.29 is 28.6 Å². The van der Waals surface area contributed by atoms with Crippen molar-refractivity contribution in [3.63, 3.8) is 0 Å². The van der Waals surface area contributed by atoms with Gasteiger partial charge in [-0.2, -0.15) is 0 Å². The maximum atomic E-state index is 13.3. The molecular weight excluding hydrogens is 509 g/mol. The lowest BCUT2D eigenvalue weighted by Gasteiger charge is -2.38. The highest BCUT2D eigenvalue weighted by Crippen LogP contribution is 2.43. The third-order valence-corrected chi connectivity index (χ3v) is 7.65. The van der Waals surface area contributed by atoms with Crippen LogP contribution in [-0.2, 0) is 33.0 Å². The van der Waals surface area contributed by atoms with E-state index >= 15 is 0 Å². The largest absolute Gasteiger partial charge is 0.501 e. The van der Waals surface area contributed by atoms with Crippen LogP contribution in [0.25, 0.3) is 0 Å². The molecule has 0 radical (unpaired) electrons. The first kappa shape index (κ1) is 28.2. The van der Waals surface area contributed by atoms with Gasteiger partial charge >= 0.3 is 0 Å². The Bertz CT molecular complexity index is 1270. The summed E-state index contributed by atoms with van der Waals surface area (Å²) in [6.45, 7) is 0.900. The fourth-order valence-corrected chi connectivity index (χ4v) is 5.64. The molecule has 3 N–H and O–H groups in total. The van der Waals surface area contributed by atoms with E-state index in [-0.39, 0.29) is 24.2 Å². The summed E-state index contributed by atoms with van der Waals surface area (Å²) in [5.41, 5.74) is -1.49. The van der Waals surface area contributed by atoms with Gasteiger partial charge in [0.05, 0.1) is 5.54 Å². The fraction of sp³-hybridized carbons (Fsp3) is 0.519. The molecular formula is C27H34FN5O6. The minimum Gasteiger partial charge on any atom is -0.501 e. The van der Waals surface area contributed by atoms with Crippen LogP contribution in [0.15, 0.2) is 29.1 Å². The topological polar surface area (TPSA) is 143 Å². The van der Waals surface area contributed by atoms with E-state index < -0.39 is 40.3 Å². The minimum atomic E-state index is -0.986.